The van der Waals surface area contributed by atoms with E-state index in [-0.39, 0.29) is 5.97 Å². The Morgan fingerprint density at radius 1 is 1.55 bits per heavy atom. The number of piperidine rings is 1. The minimum Gasteiger partial charge on any atom is -0.466 e. The van der Waals surface area contributed by atoms with E-state index in [1.807, 2.05) is 23.9 Å². The summed E-state index contributed by atoms with van der Waals surface area (Å²) in [6.45, 7) is 4.08. The van der Waals surface area contributed by atoms with Gasteiger partial charge < -0.3 is 10.1 Å². The fraction of sp³-hybridized carbons (Fsp3) is 0.600. The molecule has 0 saturated carbocycles. The number of nitrogens with zero attached hydrogens (tertiary/aromatic N) is 2. The smallest absolute Gasteiger partial charge is 0.305 e. The molecule has 1 N–H and O–H groups in total. The van der Waals surface area contributed by atoms with Crippen LogP contribution in [0.5, 0.6) is 0 Å². The largest absolute Gasteiger partial charge is 0.466 e. The quantitative estimate of drug-likeness (QED) is 0.811. The highest BCUT2D eigenvalue weighted by molar-refractivity contribution is 5.69. The Morgan fingerprint density at radius 3 is 3.20 bits per heavy atom. The van der Waals surface area contributed by atoms with Crippen LogP contribution in [0.4, 0.5) is 0 Å². The second-order valence-corrected chi connectivity index (χ2v) is 4.97. The number of aromatic nitrogens is 2. The van der Waals surface area contributed by atoms with Crippen LogP contribution in [0, 0.1) is 0 Å². The molecule has 1 aromatic heterocycles. The third kappa shape index (κ3) is 4.72. The van der Waals surface area contributed by atoms with Crippen molar-refractivity contribution in [1.82, 2.24) is 15.1 Å². The maximum atomic E-state index is 11.2. The van der Waals surface area contributed by atoms with Crippen molar-refractivity contribution < 1.29 is 9.53 Å². The normalized spacial score (nSPS) is 16.9. The van der Waals surface area contributed by atoms with E-state index in [2.05, 4.69) is 16.5 Å². The van der Waals surface area contributed by atoms with Crippen LogP contribution >= 0.6 is 0 Å². The highest BCUT2D eigenvalue weighted by atomic mass is 16.5. The zero-order valence-corrected chi connectivity index (χ0v) is 12.1. The lowest BCUT2D eigenvalue weighted by Gasteiger charge is -2.15. The Labute approximate surface area is 120 Å². The number of carbonyl (C=O) groups is 1. The first-order valence-electron chi connectivity index (χ1n) is 7.41. The molecule has 0 radical (unpaired) electrons. The van der Waals surface area contributed by atoms with E-state index >= 15 is 0 Å². The molecule has 5 nitrogen and oxygen atoms in total. The van der Waals surface area contributed by atoms with E-state index in [1.165, 1.54) is 18.5 Å². The number of hydrogen-bond donors (Lipinski definition) is 1. The molecule has 1 saturated heterocycles. The lowest BCUT2D eigenvalue weighted by atomic mass is 10.1. The summed E-state index contributed by atoms with van der Waals surface area (Å²) < 4.78 is 6.78. The molecule has 5 heteroatoms. The highest BCUT2D eigenvalue weighted by Crippen LogP contribution is 2.13. The fourth-order valence-corrected chi connectivity index (χ4v) is 2.28. The van der Waals surface area contributed by atoms with E-state index in [0.29, 0.717) is 13.0 Å². The zero-order chi connectivity index (χ0) is 14.2. The fourth-order valence-electron chi connectivity index (χ4n) is 2.28. The van der Waals surface area contributed by atoms with Crippen LogP contribution in [-0.4, -0.2) is 28.9 Å². The Bertz CT molecular complexity index is 457. The van der Waals surface area contributed by atoms with Gasteiger partial charge in [-0.2, -0.15) is 5.10 Å². The number of aryl methyl sites for hydroxylation is 1. The topological polar surface area (TPSA) is 56.1 Å². The van der Waals surface area contributed by atoms with Crippen LogP contribution in [0.2, 0.25) is 0 Å². The van der Waals surface area contributed by atoms with Crippen molar-refractivity contribution in [3.63, 3.8) is 0 Å². The summed E-state index contributed by atoms with van der Waals surface area (Å²) >= 11 is 0. The van der Waals surface area contributed by atoms with Gasteiger partial charge >= 0.3 is 5.97 Å². The molecular formula is C15H23N3O2. The first-order chi connectivity index (χ1) is 9.78. The molecule has 2 rings (SSSR count). The average molecular weight is 277 g/mol. The number of carbonyl (C=O) groups excluding carboxylic acids is 1. The van der Waals surface area contributed by atoms with Gasteiger partial charge in [-0.15, -0.1) is 0 Å². The minimum absolute atomic E-state index is 0.131. The second-order valence-electron chi connectivity index (χ2n) is 4.97. The molecule has 110 valence electrons. The Hall–Kier alpha value is -1.78. The molecular weight excluding hydrogens is 254 g/mol. The van der Waals surface area contributed by atoms with Crippen molar-refractivity contribution in [2.75, 3.05) is 13.2 Å². The van der Waals surface area contributed by atoms with Crippen LogP contribution in [0.15, 0.2) is 18.0 Å². The molecule has 1 aliphatic rings. The maximum absolute atomic E-state index is 11.2. The van der Waals surface area contributed by atoms with Gasteiger partial charge in [-0.05, 0) is 44.7 Å². The summed E-state index contributed by atoms with van der Waals surface area (Å²) in [5.74, 6) is -0.131. The number of hydrogen-bond acceptors (Lipinski definition) is 4. The average Bonchev–Trinajstić information content (AvgIpc) is 2.88. The van der Waals surface area contributed by atoms with E-state index in [9.17, 15) is 4.79 Å². The molecule has 1 aromatic rings. The van der Waals surface area contributed by atoms with Gasteiger partial charge in [-0.25, -0.2) is 0 Å². The van der Waals surface area contributed by atoms with Gasteiger partial charge in [0.25, 0.3) is 0 Å². The van der Waals surface area contributed by atoms with E-state index < -0.39 is 0 Å². The lowest BCUT2D eigenvalue weighted by Crippen LogP contribution is -2.19. The van der Waals surface area contributed by atoms with Gasteiger partial charge in [0, 0.05) is 31.4 Å². The standard InChI is InChI=1S/C15H23N3O2/c1-2-20-15(19)7-5-10-18-11-8-14(17-18)12-13-6-3-4-9-16-13/h8,11-12,16H,2-7,9-10H2,1H3. The summed E-state index contributed by atoms with van der Waals surface area (Å²) in [5.41, 5.74) is 2.25. The molecule has 1 aliphatic heterocycles. The second kappa shape index (κ2) is 7.72. The summed E-state index contributed by atoms with van der Waals surface area (Å²) in [5, 5.41) is 7.89. The number of ether oxygens (including phenoxy) is 1. The van der Waals surface area contributed by atoms with Crippen LogP contribution in [0.3, 0.4) is 0 Å². The maximum Gasteiger partial charge on any atom is 0.305 e. The highest BCUT2D eigenvalue weighted by Gasteiger charge is 2.06. The van der Waals surface area contributed by atoms with Gasteiger partial charge in [0.15, 0.2) is 0 Å². The van der Waals surface area contributed by atoms with Gasteiger partial charge in [-0.3, -0.25) is 9.48 Å². The van der Waals surface area contributed by atoms with Crippen molar-refractivity contribution in [3.8, 4) is 0 Å². The summed E-state index contributed by atoms with van der Waals surface area (Å²) in [7, 11) is 0. The Balaban J connectivity index is 1.78. The SMILES string of the molecule is CCOC(=O)CCCn1ccc(C=C2CCCCN2)n1. The van der Waals surface area contributed by atoms with Crippen LogP contribution in [0.1, 0.15) is 44.7 Å². The monoisotopic (exact) mass is 277 g/mol. The van der Waals surface area contributed by atoms with Crippen molar-refractivity contribution in [2.45, 2.75) is 45.6 Å². The molecule has 0 amide bonds. The predicted molar refractivity (Wildman–Crippen MR) is 77.9 cm³/mol. The van der Waals surface area contributed by atoms with Gasteiger partial charge in [0.05, 0.1) is 12.3 Å². The third-order valence-electron chi connectivity index (χ3n) is 3.28. The van der Waals surface area contributed by atoms with Gasteiger partial charge in [0.2, 0.25) is 0 Å². The molecule has 2 heterocycles. The molecule has 0 aromatic carbocycles. The molecule has 0 unspecified atom stereocenters. The Morgan fingerprint density at radius 2 is 2.45 bits per heavy atom. The van der Waals surface area contributed by atoms with Crippen molar-refractivity contribution >= 4 is 12.0 Å². The van der Waals surface area contributed by atoms with Crippen molar-refractivity contribution in [2.24, 2.45) is 0 Å². The van der Waals surface area contributed by atoms with Crippen LogP contribution in [-0.2, 0) is 16.1 Å². The molecule has 0 aliphatic carbocycles. The molecule has 0 spiro atoms. The number of allylic oxidation sites excluding steroid dienone is 1. The lowest BCUT2D eigenvalue weighted by molar-refractivity contribution is -0.143. The number of rotatable bonds is 6. The van der Waals surface area contributed by atoms with E-state index in [4.69, 9.17) is 4.74 Å². The Kier molecular flexibility index (Phi) is 5.65. The van der Waals surface area contributed by atoms with Gasteiger partial charge in [0.1, 0.15) is 0 Å². The van der Waals surface area contributed by atoms with Crippen LogP contribution in [0.25, 0.3) is 6.08 Å². The van der Waals surface area contributed by atoms with Crippen molar-refractivity contribution in [1.29, 1.82) is 0 Å². The zero-order valence-electron chi connectivity index (χ0n) is 12.1. The first kappa shape index (κ1) is 14.6. The summed E-state index contributed by atoms with van der Waals surface area (Å²) in [4.78, 5) is 11.2. The first-order valence-corrected chi connectivity index (χ1v) is 7.41. The predicted octanol–water partition coefficient (Wildman–Crippen LogP) is 2.34. The third-order valence-corrected chi connectivity index (χ3v) is 3.28. The molecule has 0 bridgehead atoms. The van der Waals surface area contributed by atoms with E-state index in [1.54, 1.807) is 0 Å². The number of nitrogens with one attached hydrogen (secondary N) is 1. The van der Waals surface area contributed by atoms with Crippen LogP contribution < -0.4 is 5.32 Å². The summed E-state index contributed by atoms with van der Waals surface area (Å²) in [6, 6.07) is 2.01. The molecule has 1 fully saturated rings. The van der Waals surface area contributed by atoms with E-state index in [0.717, 1.165) is 31.6 Å². The molecule has 0 atom stereocenters. The van der Waals surface area contributed by atoms with Crippen molar-refractivity contribution in [3.05, 3.63) is 23.7 Å². The number of esters is 1. The minimum atomic E-state index is -0.131. The van der Waals surface area contributed by atoms with Gasteiger partial charge in [-0.1, -0.05) is 0 Å². The summed E-state index contributed by atoms with van der Waals surface area (Å²) in [6.07, 6.45) is 8.89. The molecule has 20 heavy (non-hydrogen) atoms.